The highest BCUT2D eigenvalue weighted by Gasteiger charge is 2.65. The molecule has 1 N–H and O–H groups in total. The summed E-state index contributed by atoms with van der Waals surface area (Å²) < 4.78 is 6.58. The lowest BCUT2D eigenvalue weighted by molar-refractivity contribution is -0.180. The highest BCUT2D eigenvalue weighted by Crippen LogP contribution is 2.69. The molecule has 122 valence electrons. The van der Waals surface area contributed by atoms with E-state index in [2.05, 4.69) is 41.5 Å². The third kappa shape index (κ3) is 2.37. The molecule has 0 aliphatic heterocycles. The SMILES string of the molecule is CC(C)(C)O[C@H]1CC(C)(C)[C@@H]2CC[C@@]3(C)C[C@]12CC[C@H]3O. The lowest BCUT2D eigenvalue weighted by Gasteiger charge is -2.58. The number of aliphatic hydroxyl groups is 1. The molecule has 3 aliphatic rings. The Hall–Kier alpha value is -0.0800. The Labute approximate surface area is 130 Å². The van der Waals surface area contributed by atoms with Crippen molar-refractivity contribution >= 4 is 0 Å². The van der Waals surface area contributed by atoms with Crippen molar-refractivity contribution in [3.63, 3.8) is 0 Å². The average Bonchev–Trinajstić information content (AvgIpc) is 2.50. The maximum atomic E-state index is 10.5. The molecule has 2 heteroatoms. The van der Waals surface area contributed by atoms with E-state index in [9.17, 15) is 5.11 Å². The Morgan fingerprint density at radius 2 is 1.71 bits per heavy atom. The van der Waals surface area contributed by atoms with Crippen LogP contribution in [0.1, 0.15) is 80.1 Å². The quantitative estimate of drug-likeness (QED) is 0.769. The van der Waals surface area contributed by atoms with Gasteiger partial charge in [-0.2, -0.15) is 0 Å². The van der Waals surface area contributed by atoms with Crippen LogP contribution in [0.4, 0.5) is 0 Å². The van der Waals surface area contributed by atoms with Crippen LogP contribution in [-0.2, 0) is 4.74 Å². The van der Waals surface area contributed by atoms with Gasteiger partial charge in [-0.3, -0.25) is 0 Å². The second-order valence-corrected chi connectivity index (χ2v) is 10.1. The minimum absolute atomic E-state index is 0.0751. The van der Waals surface area contributed by atoms with Gasteiger partial charge in [0.05, 0.1) is 17.8 Å². The first-order valence-electron chi connectivity index (χ1n) is 8.85. The summed E-state index contributed by atoms with van der Waals surface area (Å²) >= 11 is 0. The third-order valence-electron chi connectivity index (χ3n) is 6.91. The largest absolute Gasteiger partial charge is 0.393 e. The Kier molecular flexibility index (Phi) is 3.37. The minimum Gasteiger partial charge on any atom is -0.393 e. The van der Waals surface area contributed by atoms with Crippen molar-refractivity contribution in [2.24, 2.45) is 22.2 Å². The monoisotopic (exact) mass is 294 g/mol. The van der Waals surface area contributed by atoms with E-state index in [0.29, 0.717) is 16.9 Å². The van der Waals surface area contributed by atoms with Crippen molar-refractivity contribution in [1.29, 1.82) is 0 Å². The molecule has 3 rings (SSSR count). The van der Waals surface area contributed by atoms with E-state index in [1.807, 2.05) is 0 Å². The van der Waals surface area contributed by atoms with Gasteiger partial charge in [-0.1, -0.05) is 20.8 Å². The van der Waals surface area contributed by atoms with E-state index in [0.717, 1.165) is 25.2 Å². The Morgan fingerprint density at radius 3 is 2.33 bits per heavy atom. The van der Waals surface area contributed by atoms with Gasteiger partial charge in [-0.15, -0.1) is 0 Å². The molecule has 0 heterocycles. The molecule has 2 nitrogen and oxygen atoms in total. The van der Waals surface area contributed by atoms with Gasteiger partial charge in [0.15, 0.2) is 0 Å². The summed E-state index contributed by atoms with van der Waals surface area (Å²) in [6.45, 7) is 13.8. The molecule has 3 saturated carbocycles. The van der Waals surface area contributed by atoms with Crippen LogP contribution in [0, 0.1) is 22.2 Å². The second-order valence-electron chi connectivity index (χ2n) is 10.1. The fraction of sp³-hybridized carbons (Fsp3) is 1.00. The summed E-state index contributed by atoms with van der Waals surface area (Å²) in [5.41, 5.74) is 0.728. The van der Waals surface area contributed by atoms with Crippen LogP contribution in [0.15, 0.2) is 0 Å². The number of rotatable bonds is 1. The van der Waals surface area contributed by atoms with Crippen LogP contribution >= 0.6 is 0 Å². The standard InChI is InChI=1S/C19H34O2/c1-16(2,3)21-15-11-17(4,5)13-7-9-18(6)12-19(13,15)10-8-14(18)20/h13-15,20H,7-12H2,1-6H3/t13-,14+,15-,18-,19-/m0/s1. The van der Waals surface area contributed by atoms with Crippen molar-refractivity contribution in [2.75, 3.05) is 0 Å². The molecule has 0 radical (unpaired) electrons. The second kappa shape index (κ2) is 4.47. The van der Waals surface area contributed by atoms with Crippen LogP contribution in [0.5, 0.6) is 0 Å². The zero-order valence-electron chi connectivity index (χ0n) is 14.8. The van der Waals surface area contributed by atoms with E-state index < -0.39 is 0 Å². The van der Waals surface area contributed by atoms with Crippen LogP contribution in [0.25, 0.3) is 0 Å². The molecule has 0 saturated heterocycles. The maximum absolute atomic E-state index is 10.5. The molecule has 21 heavy (non-hydrogen) atoms. The normalized spacial score (nSPS) is 49.0. The third-order valence-corrected chi connectivity index (χ3v) is 6.91. The summed E-state index contributed by atoms with van der Waals surface area (Å²) in [7, 11) is 0. The van der Waals surface area contributed by atoms with E-state index in [1.165, 1.54) is 19.3 Å². The van der Waals surface area contributed by atoms with Gasteiger partial charge in [-0.25, -0.2) is 0 Å². The van der Waals surface area contributed by atoms with E-state index in [1.54, 1.807) is 0 Å². The first-order chi connectivity index (χ1) is 9.49. The molecule has 0 aromatic heterocycles. The molecule has 3 fully saturated rings. The van der Waals surface area contributed by atoms with E-state index in [-0.39, 0.29) is 17.1 Å². The summed E-state index contributed by atoms with van der Waals surface area (Å²) in [6.07, 6.45) is 7.17. The van der Waals surface area contributed by atoms with Gasteiger partial charge < -0.3 is 9.84 Å². The van der Waals surface area contributed by atoms with Gasteiger partial charge in [0.25, 0.3) is 0 Å². The number of hydrogen-bond donors (Lipinski definition) is 1. The number of aliphatic hydroxyl groups excluding tert-OH is 1. The van der Waals surface area contributed by atoms with Crippen molar-refractivity contribution in [2.45, 2.75) is 97.9 Å². The van der Waals surface area contributed by atoms with Crippen molar-refractivity contribution in [3.05, 3.63) is 0 Å². The van der Waals surface area contributed by atoms with Crippen LogP contribution in [0.3, 0.4) is 0 Å². The van der Waals surface area contributed by atoms with Crippen LogP contribution < -0.4 is 0 Å². The van der Waals surface area contributed by atoms with Gasteiger partial charge in [0.2, 0.25) is 0 Å². The molecule has 3 aliphatic carbocycles. The van der Waals surface area contributed by atoms with Crippen molar-refractivity contribution in [3.8, 4) is 0 Å². The summed E-state index contributed by atoms with van der Waals surface area (Å²) in [5, 5.41) is 10.5. The zero-order valence-corrected chi connectivity index (χ0v) is 14.8. The summed E-state index contributed by atoms with van der Waals surface area (Å²) in [6, 6.07) is 0. The fourth-order valence-electron chi connectivity index (χ4n) is 6.10. The minimum atomic E-state index is -0.108. The first-order valence-corrected chi connectivity index (χ1v) is 8.85. The van der Waals surface area contributed by atoms with E-state index >= 15 is 0 Å². The zero-order chi connectivity index (χ0) is 15.7. The molecule has 0 aromatic carbocycles. The molecule has 2 bridgehead atoms. The summed E-state index contributed by atoms with van der Waals surface area (Å²) in [4.78, 5) is 0. The predicted octanol–water partition coefficient (Wildman–Crippen LogP) is 4.55. The van der Waals surface area contributed by atoms with Crippen LogP contribution in [0.2, 0.25) is 0 Å². The van der Waals surface area contributed by atoms with Gasteiger partial charge in [-0.05, 0) is 76.0 Å². The number of hydrogen-bond acceptors (Lipinski definition) is 2. The Bertz CT molecular complexity index is 422. The van der Waals surface area contributed by atoms with Gasteiger partial charge >= 0.3 is 0 Å². The molecule has 0 amide bonds. The van der Waals surface area contributed by atoms with Crippen molar-refractivity contribution in [1.82, 2.24) is 0 Å². The smallest absolute Gasteiger partial charge is 0.0646 e. The number of ether oxygens (including phenoxy) is 1. The first kappa shape index (κ1) is 15.8. The molecule has 0 unspecified atom stereocenters. The molecule has 5 atom stereocenters. The predicted molar refractivity (Wildman–Crippen MR) is 86.1 cm³/mol. The molecule has 1 spiro atoms. The van der Waals surface area contributed by atoms with Crippen LogP contribution in [-0.4, -0.2) is 22.9 Å². The average molecular weight is 294 g/mol. The fourth-order valence-corrected chi connectivity index (χ4v) is 6.10. The lowest BCUT2D eigenvalue weighted by Crippen LogP contribution is -2.55. The molecular weight excluding hydrogens is 260 g/mol. The van der Waals surface area contributed by atoms with Crippen molar-refractivity contribution < 1.29 is 9.84 Å². The topological polar surface area (TPSA) is 29.5 Å². The molecule has 0 aromatic rings. The lowest BCUT2D eigenvalue weighted by atomic mass is 9.49. The molecular formula is C19H34O2. The highest BCUT2D eigenvalue weighted by molar-refractivity contribution is 5.14. The summed E-state index contributed by atoms with van der Waals surface area (Å²) in [5.74, 6) is 0.762. The van der Waals surface area contributed by atoms with Gasteiger partial charge in [0, 0.05) is 5.41 Å². The highest BCUT2D eigenvalue weighted by atomic mass is 16.5. The van der Waals surface area contributed by atoms with Gasteiger partial charge in [0.1, 0.15) is 0 Å². The maximum Gasteiger partial charge on any atom is 0.0646 e. The number of fused-ring (bicyclic) bond motifs is 1. The Morgan fingerprint density at radius 1 is 1.05 bits per heavy atom. The Balaban J connectivity index is 1.97. The van der Waals surface area contributed by atoms with E-state index in [4.69, 9.17) is 4.74 Å².